The standard InChI is InChI=1S/C11H18ClN3S/c1-2-5-9-13-10(16-15-9)14-11(8-12)6-3-4-7-11/h2-8H2,1H3,(H,13,14,15). The lowest BCUT2D eigenvalue weighted by atomic mass is 10.0. The van der Waals surface area contributed by atoms with Crippen LogP contribution in [0.5, 0.6) is 0 Å². The zero-order valence-corrected chi connectivity index (χ0v) is 11.2. The van der Waals surface area contributed by atoms with Crippen molar-refractivity contribution in [2.45, 2.75) is 51.0 Å². The highest BCUT2D eigenvalue weighted by atomic mass is 35.5. The number of rotatable bonds is 5. The average Bonchev–Trinajstić information content (AvgIpc) is 2.90. The minimum absolute atomic E-state index is 0.0740. The molecular weight excluding hydrogens is 242 g/mol. The van der Waals surface area contributed by atoms with E-state index < -0.39 is 0 Å². The molecule has 3 nitrogen and oxygen atoms in total. The molecule has 2 rings (SSSR count). The van der Waals surface area contributed by atoms with E-state index in [0.29, 0.717) is 5.88 Å². The lowest BCUT2D eigenvalue weighted by Crippen LogP contribution is -2.36. The number of nitrogens with zero attached hydrogens (tertiary/aromatic N) is 2. The van der Waals surface area contributed by atoms with Crippen molar-refractivity contribution in [2.75, 3.05) is 11.2 Å². The molecule has 90 valence electrons. The van der Waals surface area contributed by atoms with Crippen LogP contribution in [-0.4, -0.2) is 20.8 Å². The predicted octanol–water partition coefficient (Wildman–Crippen LogP) is 3.45. The first-order chi connectivity index (χ1) is 7.78. The molecule has 1 aliphatic rings. The van der Waals surface area contributed by atoms with E-state index in [9.17, 15) is 0 Å². The van der Waals surface area contributed by atoms with Crippen LogP contribution in [0, 0.1) is 0 Å². The van der Waals surface area contributed by atoms with Crippen LogP contribution in [0.4, 0.5) is 5.13 Å². The number of alkyl halides is 1. The fourth-order valence-electron chi connectivity index (χ4n) is 2.20. The first-order valence-corrected chi connectivity index (χ1v) is 7.25. The molecule has 0 aliphatic heterocycles. The second kappa shape index (κ2) is 5.32. The molecule has 0 radical (unpaired) electrons. The third kappa shape index (κ3) is 2.66. The zero-order valence-electron chi connectivity index (χ0n) is 9.63. The van der Waals surface area contributed by atoms with Gasteiger partial charge in [0.1, 0.15) is 5.82 Å². The van der Waals surface area contributed by atoms with Crippen molar-refractivity contribution < 1.29 is 0 Å². The Balaban J connectivity index is 2.01. The summed E-state index contributed by atoms with van der Waals surface area (Å²) >= 11 is 7.54. The van der Waals surface area contributed by atoms with Gasteiger partial charge >= 0.3 is 0 Å². The van der Waals surface area contributed by atoms with Gasteiger partial charge in [0, 0.05) is 23.8 Å². The van der Waals surface area contributed by atoms with E-state index in [1.54, 1.807) is 0 Å². The monoisotopic (exact) mass is 259 g/mol. The summed E-state index contributed by atoms with van der Waals surface area (Å²) in [4.78, 5) is 4.49. The Hall–Kier alpha value is -0.350. The second-order valence-corrected chi connectivity index (χ2v) is 5.53. The zero-order chi connectivity index (χ0) is 11.4. The van der Waals surface area contributed by atoms with Gasteiger partial charge in [-0.3, -0.25) is 0 Å². The van der Waals surface area contributed by atoms with E-state index in [2.05, 4.69) is 21.6 Å². The van der Waals surface area contributed by atoms with Crippen LogP contribution >= 0.6 is 23.1 Å². The van der Waals surface area contributed by atoms with Crippen molar-refractivity contribution in [1.82, 2.24) is 9.36 Å². The molecule has 0 amide bonds. The molecule has 1 aromatic rings. The quantitative estimate of drug-likeness (QED) is 0.823. The summed E-state index contributed by atoms with van der Waals surface area (Å²) in [5.41, 5.74) is 0.0740. The van der Waals surface area contributed by atoms with Gasteiger partial charge in [0.25, 0.3) is 0 Å². The van der Waals surface area contributed by atoms with Crippen molar-refractivity contribution in [2.24, 2.45) is 0 Å². The molecule has 0 saturated heterocycles. The van der Waals surface area contributed by atoms with Crippen molar-refractivity contribution in [1.29, 1.82) is 0 Å². The summed E-state index contributed by atoms with van der Waals surface area (Å²) < 4.78 is 4.34. The fraction of sp³-hybridized carbons (Fsp3) is 0.818. The van der Waals surface area contributed by atoms with Gasteiger partial charge in [-0.15, -0.1) is 11.6 Å². The maximum Gasteiger partial charge on any atom is 0.203 e. The van der Waals surface area contributed by atoms with Crippen molar-refractivity contribution in [3.05, 3.63) is 5.82 Å². The van der Waals surface area contributed by atoms with Gasteiger partial charge in [-0.05, 0) is 19.3 Å². The minimum atomic E-state index is 0.0740. The van der Waals surface area contributed by atoms with Crippen LogP contribution in [0.3, 0.4) is 0 Å². The molecule has 0 atom stereocenters. The highest BCUT2D eigenvalue weighted by molar-refractivity contribution is 7.09. The third-order valence-electron chi connectivity index (χ3n) is 3.13. The van der Waals surface area contributed by atoms with E-state index in [0.717, 1.165) is 36.6 Å². The van der Waals surface area contributed by atoms with Gasteiger partial charge in [-0.1, -0.05) is 19.8 Å². The number of anilines is 1. The summed E-state index contributed by atoms with van der Waals surface area (Å²) in [5.74, 6) is 1.62. The Labute approximate surface area is 106 Å². The van der Waals surface area contributed by atoms with Crippen LogP contribution < -0.4 is 5.32 Å². The van der Waals surface area contributed by atoms with Crippen molar-refractivity contribution >= 4 is 28.3 Å². The molecular formula is C11H18ClN3S. The number of aromatic nitrogens is 2. The van der Waals surface area contributed by atoms with Gasteiger partial charge in [0.15, 0.2) is 0 Å². The predicted molar refractivity (Wildman–Crippen MR) is 69.4 cm³/mol. The van der Waals surface area contributed by atoms with Crippen molar-refractivity contribution in [3.8, 4) is 0 Å². The Bertz CT molecular complexity index is 334. The first kappa shape index (κ1) is 12.1. The number of nitrogens with one attached hydrogen (secondary N) is 1. The number of hydrogen-bond acceptors (Lipinski definition) is 4. The molecule has 5 heteroatoms. The third-order valence-corrected chi connectivity index (χ3v) is 4.31. The maximum atomic E-state index is 6.08. The molecule has 1 heterocycles. The summed E-state index contributed by atoms with van der Waals surface area (Å²) in [6, 6.07) is 0. The normalized spacial score (nSPS) is 18.9. The fourth-order valence-corrected chi connectivity index (χ4v) is 3.27. The molecule has 1 fully saturated rings. The lowest BCUT2D eigenvalue weighted by molar-refractivity contribution is 0.539. The second-order valence-electron chi connectivity index (χ2n) is 4.51. The average molecular weight is 260 g/mol. The summed E-state index contributed by atoms with van der Waals surface area (Å²) in [7, 11) is 0. The number of halogens is 1. The number of aryl methyl sites for hydroxylation is 1. The van der Waals surface area contributed by atoms with Crippen LogP contribution in [0.1, 0.15) is 44.9 Å². The highest BCUT2D eigenvalue weighted by Gasteiger charge is 2.33. The lowest BCUT2D eigenvalue weighted by Gasteiger charge is -2.27. The molecule has 0 bridgehead atoms. The number of hydrogen-bond donors (Lipinski definition) is 1. The van der Waals surface area contributed by atoms with E-state index in [4.69, 9.17) is 11.6 Å². The van der Waals surface area contributed by atoms with Gasteiger partial charge in [-0.2, -0.15) is 4.37 Å². The van der Waals surface area contributed by atoms with Crippen molar-refractivity contribution in [3.63, 3.8) is 0 Å². The van der Waals surface area contributed by atoms with Crippen LogP contribution in [0.25, 0.3) is 0 Å². The molecule has 0 spiro atoms. The van der Waals surface area contributed by atoms with E-state index in [1.165, 1.54) is 24.4 Å². The van der Waals surface area contributed by atoms with Gasteiger partial charge in [0.05, 0.1) is 5.54 Å². The highest BCUT2D eigenvalue weighted by Crippen LogP contribution is 2.34. The maximum absolute atomic E-state index is 6.08. The Morgan fingerprint density at radius 2 is 2.19 bits per heavy atom. The molecule has 1 aliphatic carbocycles. The summed E-state index contributed by atoms with van der Waals surface area (Å²) in [6.45, 7) is 2.14. The minimum Gasteiger partial charge on any atom is -0.354 e. The Kier molecular flexibility index (Phi) is 4.03. The molecule has 1 aromatic heterocycles. The molecule has 0 unspecified atom stereocenters. The van der Waals surface area contributed by atoms with Crippen LogP contribution in [0.15, 0.2) is 0 Å². The first-order valence-electron chi connectivity index (χ1n) is 5.95. The SMILES string of the molecule is CCCc1nsc(NC2(CCl)CCCC2)n1. The molecule has 1 N–H and O–H groups in total. The molecule has 1 saturated carbocycles. The molecule has 16 heavy (non-hydrogen) atoms. The van der Waals surface area contributed by atoms with Gasteiger partial charge in [0.2, 0.25) is 5.13 Å². The Morgan fingerprint density at radius 1 is 1.44 bits per heavy atom. The topological polar surface area (TPSA) is 37.8 Å². The summed E-state index contributed by atoms with van der Waals surface area (Å²) in [6.07, 6.45) is 6.89. The van der Waals surface area contributed by atoms with E-state index in [1.807, 2.05) is 0 Å². The van der Waals surface area contributed by atoms with Crippen LogP contribution in [0.2, 0.25) is 0 Å². The Morgan fingerprint density at radius 3 is 2.81 bits per heavy atom. The smallest absolute Gasteiger partial charge is 0.203 e. The van der Waals surface area contributed by atoms with Gasteiger partial charge in [-0.25, -0.2) is 4.98 Å². The van der Waals surface area contributed by atoms with E-state index >= 15 is 0 Å². The van der Waals surface area contributed by atoms with E-state index in [-0.39, 0.29) is 5.54 Å². The largest absolute Gasteiger partial charge is 0.354 e. The van der Waals surface area contributed by atoms with Crippen LogP contribution in [-0.2, 0) is 6.42 Å². The molecule has 0 aromatic carbocycles. The summed E-state index contributed by atoms with van der Waals surface area (Å²) in [5, 5.41) is 4.43. The van der Waals surface area contributed by atoms with Gasteiger partial charge < -0.3 is 5.32 Å².